The summed E-state index contributed by atoms with van der Waals surface area (Å²) in [4.78, 5) is 12.3. The summed E-state index contributed by atoms with van der Waals surface area (Å²) in [5.74, 6) is -0.00515. The Bertz CT molecular complexity index is 1080. The standard InChI is InChI=1S/C25H23Br2NO4/c26-15-9-10-22(27)20(13-15)24(30)23(29)11-12-28-25(31)32-14-21-18-7-3-1-5-16(18)17-6-2-4-8-19(17)21/h1-10,13,21,23-24,29-30H,11-12,14H2,(H,28,31). The van der Waals surface area contributed by atoms with Crippen LogP contribution in [0.3, 0.4) is 0 Å². The topological polar surface area (TPSA) is 78.8 Å². The van der Waals surface area contributed by atoms with Crippen molar-refractivity contribution in [2.45, 2.75) is 24.5 Å². The van der Waals surface area contributed by atoms with Crippen molar-refractivity contribution < 1.29 is 19.7 Å². The fraction of sp³-hybridized carbons (Fsp3) is 0.240. The number of amides is 1. The maximum atomic E-state index is 12.3. The van der Waals surface area contributed by atoms with Gasteiger partial charge in [-0.25, -0.2) is 4.79 Å². The Balaban J connectivity index is 1.29. The molecule has 3 N–H and O–H groups in total. The summed E-state index contributed by atoms with van der Waals surface area (Å²) >= 11 is 6.75. The van der Waals surface area contributed by atoms with E-state index in [4.69, 9.17) is 4.74 Å². The highest BCUT2D eigenvalue weighted by molar-refractivity contribution is 9.11. The minimum Gasteiger partial charge on any atom is -0.449 e. The Morgan fingerprint density at radius 2 is 1.59 bits per heavy atom. The lowest BCUT2D eigenvalue weighted by atomic mass is 9.98. The lowest BCUT2D eigenvalue weighted by Gasteiger charge is -2.20. The number of fused-ring (bicyclic) bond motifs is 3. The molecule has 2 atom stereocenters. The van der Waals surface area contributed by atoms with E-state index in [-0.39, 0.29) is 25.5 Å². The van der Waals surface area contributed by atoms with Crippen LogP contribution >= 0.6 is 31.9 Å². The maximum Gasteiger partial charge on any atom is 0.407 e. The highest BCUT2D eigenvalue weighted by atomic mass is 79.9. The number of hydrogen-bond donors (Lipinski definition) is 3. The van der Waals surface area contributed by atoms with Gasteiger partial charge in [0.1, 0.15) is 12.7 Å². The molecule has 4 rings (SSSR count). The average molecular weight is 561 g/mol. The summed E-state index contributed by atoms with van der Waals surface area (Å²) in [6.45, 7) is 0.413. The Hall–Kier alpha value is -2.19. The number of halogens is 2. The number of nitrogens with one attached hydrogen (secondary N) is 1. The van der Waals surface area contributed by atoms with Gasteiger partial charge in [-0.15, -0.1) is 0 Å². The van der Waals surface area contributed by atoms with Gasteiger partial charge in [0.05, 0.1) is 6.10 Å². The lowest BCUT2D eigenvalue weighted by molar-refractivity contribution is 0.0132. The molecule has 166 valence electrons. The molecule has 5 nitrogen and oxygen atoms in total. The number of aliphatic hydroxyl groups is 2. The molecule has 32 heavy (non-hydrogen) atoms. The molecule has 1 aliphatic carbocycles. The number of hydrogen-bond acceptors (Lipinski definition) is 4. The molecule has 1 aliphatic rings. The van der Waals surface area contributed by atoms with Crippen LogP contribution in [0.15, 0.2) is 75.7 Å². The second kappa shape index (κ2) is 10.2. The molecule has 0 fully saturated rings. The van der Waals surface area contributed by atoms with Gasteiger partial charge in [0.25, 0.3) is 0 Å². The summed E-state index contributed by atoms with van der Waals surface area (Å²) in [5.41, 5.74) is 5.23. The van der Waals surface area contributed by atoms with E-state index in [1.165, 1.54) is 11.1 Å². The molecular formula is C25H23Br2NO4. The van der Waals surface area contributed by atoms with E-state index in [1.54, 1.807) is 12.1 Å². The first kappa shape index (κ1) is 23.0. The molecule has 0 saturated carbocycles. The number of benzene rings is 3. The second-order valence-electron chi connectivity index (χ2n) is 7.72. The first-order valence-electron chi connectivity index (χ1n) is 10.4. The van der Waals surface area contributed by atoms with Gasteiger partial charge in [-0.3, -0.25) is 0 Å². The number of carbonyl (C=O) groups is 1. The highest BCUT2D eigenvalue weighted by Gasteiger charge is 2.29. The van der Waals surface area contributed by atoms with Crippen molar-refractivity contribution in [1.82, 2.24) is 5.32 Å². The van der Waals surface area contributed by atoms with Crippen molar-refractivity contribution in [3.05, 3.63) is 92.4 Å². The van der Waals surface area contributed by atoms with Gasteiger partial charge in [0.15, 0.2) is 0 Å². The van der Waals surface area contributed by atoms with Crippen LogP contribution in [0.1, 0.15) is 35.1 Å². The zero-order valence-electron chi connectivity index (χ0n) is 17.2. The monoisotopic (exact) mass is 559 g/mol. The van der Waals surface area contributed by atoms with E-state index in [9.17, 15) is 15.0 Å². The number of alkyl carbamates (subject to hydrolysis) is 1. The summed E-state index contributed by atoms with van der Waals surface area (Å²) in [6, 6.07) is 21.7. The number of rotatable bonds is 7. The average Bonchev–Trinajstić information content (AvgIpc) is 3.12. The summed E-state index contributed by atoms with van der Waals surface area (Å²) in [5, 5.41) is 23.5. The van der Waals surface area contributed by atoms with Gasteiger partial charge in [-0.1, -0.05) is 80.4 Å². The predicted octanol–water partition coefficient (Wildman–Crippen LogP) is 5.53. The van der Waals surface area contributed by atoms with Crippen LogP contribution in [-0.2, 0) is 4.74 Å². The van der Waals surface area contributed by atoms with Crippen LogP contribution in [-0.4, -0.2) is 35.6 Å². The van der Waals surface area contributed by atoms with E-state index in [1.807, 2.05) is 30.3 Å². The lowest BCUT2D eigenvalue weighted by Crippen LogP contribution is -2.30. The SMILES string of the molecule is O=C(NCCC(O)C(O)c1cc(Br)ccc1Br)OCC1c2ccccc2-c2ccccc21. The van der Waals surface area contributed by atoms with E-state index in [0.29, 0.717) is 10.0 Å². The van der Waals surface area contributed by atoms with Gasteiger partial charge in [0.2, 0.25) is 0 Å². The molecule has 3 aromatic carbocycles. The van der Waals surface area contributed by atoms with Crippen molar-refractivity contribution in [2.24, 2.45) is 0 Å². The normalized spacial score (nSPS) is 14.4. The van der Waals surface area contributed by atoms with Gasteiger partial charge in [-0.05, 0) is 52.4 Å². The fourth-order valence-corrected chi connectivity index (χ4v) is 4.94. The van der Waals surface area contributed by atoms with Crippen LogP contribution in [0.2, 0.25) is 0 Å². The Morgan fingerprint density at radius 3 is 2.25 bits per heavy atom. The van der Waals surface area contributed by atoms with Gasteiger partial charge < -0.3 is 20.3 Å². The van der Waals surface area contributed by atoms with E-state index >= 15 is 0 Å². The molecule has 2 unspecified atom stereocenters. The Morgan fingerprint density at radius 1 is 0.969 bits per heavy atom. The third kappa shape index (κ3) is 4.91. The smallest absolute Gasteiger partial charge is 0.407 e. The number of aliphatic hydroxyl groups excluding tert-OH is 2. The molecular weight excluding hydrogens is 538 g/mol. The molecule has 0 aromatic heterocycles. The summed E-state index contributed by atoms with van der Waals surface area (Å²) in [6.07, 6.45) is -2.47. The van der Waals surface area contributed by atoms with Crippen molar-refractivity contribution >= 4 is 38.0 Å². The van der Waals surface area contributed by atoms with Gasteiger partial charge in [0, 0.05) is 21.4 Å². The summed E-state index contributed by atoms with van der Waals surface area (Å²) < 4.78 is 7.00. The largest absolute Gasteiger partial charge is 0.449 e. The minimum atomic E-state index is -1.08. The molecule has 0 radical (unpaired) electrons. The molecule has 0 spiro atoms. The maximum absolute atomic E-state index is 12.3. The molecule has 0 aliphatic heterocycles. The molecule has 0 saturated heterocycles. The van der Waals surface area contributed by atoms with Gasteiger partial charge >= 0.3 is 6.09 Å². The minimum absolute atomic E-state index is 0.00515. The molecule has 7 heteroatoms. The first-order chi connectivity index (χ1) is 15.5. The van der Waals surface area contributed by atoms with E-state index in [2.05, 4.69) is 61.4 Å². The van der Waals surface area contributed by atoms with Crippen molar-refractivity contribution in [1.29, 1.82) is 0 Å². The molecule has 1 amide bonds. The first-order valence-corrected chi connectivity index (χ1v) is 11.9. The van der Waals surface area contributed by atoms with E-state index < -0.39 is 18.3 Å². The summed E-state index contributed by atoms with van der Waals surface area (Å²) in [7, 11) is 0. The van der Waals surface area contributed by atoms with Crippen molar-refractivity contribution in [2.75, 3.05) is 13.2 Å². The predicted molar refractivity (Wildman–Crippen MR) is 130 cm³/mol. The second-order valence-corrected chi connectivity index (χ2v) is 9.49. The molecule has 3 aromatic rings. The fourth-order valence-electron chi connectivity index (χ4n) is 4.08. The number of ether oxygens (including phenoxy) is 1. The van der Waals surface area contributed by atoms with Crippen LogP contribution in [0, 0.1) is 0 Å². The number of carbonyl (C=O) groups excluding carboxylic acids is 1. The van der Waals surface area contributed by atoms with Crippen LogP contribution in [0.25, 0.3) is 11.1 Å². The van der Waals surface area contributed by atoms with Crippen LogP contribution < -0.4 is 5.32 Å². The molecule has 0 heterocycles. The Labute approximate surface area is 203 Å². The third-order valence-corrected chi connectivity index (χ3v) is 6.91. The molecule has 0 bridgehead atoms. The van der Waals surface area contributed by atoms with Crippen molar-refractivity contribution in [3.63, 3.8) is 0 Å². The van der Waals surface area contributed by atoms with E-state index in [0.717, 1.165) is 15.6 Å². The van der Waals surface area contributed by atoms with Crippen LogP contribution in [0.5, 0.6) is 0 Å². The zero-order valence-corrected chi connectivity index (χ0v) is 20.3. The highest BCUT2D eigenvalue weighted by Crippen LogP contribution is 2.44. The van der Waals surface area contributed by atoms with Gasteiger partial charge in [-0.2, -0.15) is 0 Å². The Kier molecular flexibility index (Phi) is 7.30. The van der Waals surface area contributed by atoms with Crippen LogP contribution in [0.4, 0.5) is 4.79 Å². The zero-order chi connectivity index (χ0) is 22.7. The third-order valence-electron chi connectivity index (χ3n) is 5.69. The quantitative estimate of drug-likeness (QED) is 0.355. The van der Waals surface area contributed by atoms with Crippen molar-refractivity contribution in [3.8, 4) is 11.1 Å².